The van der Waals surface area contributed by atoms with Crippen LogP contribution in [0.1, 0.15) is 34.1 Å². The fourth-order valence-corrected chi connectivity index (χ4v) is 3.67. The average Bonchev–Trinajstić information content (AvgIpc) is 2.88. The fourth-order valence-electron chi connectivity index (χ4n) is 3.67. The molecule has 1 N–H and O–H groups in total. The Kier molecular flexibility index (Phi) is 7.25. The highest BCUT2D eigenvalue weighted by Gasteiger charge is 2.26. The van der Waals surface area contributed by atoms with Crippen LogP contribution in [-0.2, 0) is 17.9 Å². The van der Waals surface area contributed by atoms with Crippen molar-refractivity contribution in [1.82, 2.24) is 14.7 Å². The highest BCUT2D eigenvalue weighted by molar-refractivity contribution is 6.04. The summed E-state index contributed by atoms with van der Waals surface area (Å²) in [5, 5.41) is 3.74. The summed E-state index contributed by atoms with van der Waals surface area (Å²) in [6.45, 7) is 4.03. The standard InChI is InChI=1S/C26H26N4O5/c1-4-34-26(32)22-23(27-14-18-10-12-20(33-3)13-11-18)21-17(2)28-16-29-24(21)30(25(22)31)35-15-19-8-6-5-7-9-19/h5-13,16,27H,4,14-15H2,1-3H3. The minimum atomic E-state index is -0.753. The van der Waals surface area contributed by atoms with Crippen molar-refractivity contribution in [2.45, 2.75) is 27.0 Å². The van der Waals surface area contributed by atoms with Crippen LogP contribution in [0, 0.1) is 6.92 Å². The second-order valence-corrected chi connectivity index (χ2v) is 7.69. The summed E-state index contributed by atoms with van der Waals surface area (Å²) in [4.78, 5) is 41.0. The van der Waals surface area contributed by atoms with Crippen LogP contribution >= 0.6 is 0 Å². The summed E-state index contributed by atoms with van der Waals surface area (Å²) in [5.74, 6) is -0.0224. The molecule has 2 aromatic carbocycles. The van der Waals surface area contributed by atoms with Crippen molar-refractivity contribution >= 4 is 22.7 Å². The number of aryl methyl sites for hydroxylation is 1. The van der Waals surface area contributed by atoms with Gasteiger partial charge in [0.05, 0.1) is 30.5 Å². The Morgan fingerprint density at radius 2 is 1.77 bits per heavy atom. The van der Waals surface area contributed by atoms with E-state index in [1.54, 1.807) is 21.0 Å². The van der Waals surface area contributed by atoms with Crippen molar-refractivity contribution < 1.29 is 19.1 Å². The van der Waals surface area contributed by atoms with Gasteiger partial charge < -0.3 is 19.6 Å². The summed E-state index contributed by atoms with van der Waals surface area (Å²) >= 11 is 0. The van der Waals surface area contributed by atoms with E-state index >= 15 is 0 Å². The van der Waals surface area contributed by atoms with Crippen molar-refractivity contribution in [3.63, 3.8) is 0 Å². The first-order valence-electron chi connectivity index (χ1n) is 11.1. The molecule has 0 aliphatic heterocycles. The first kappa shape index (κ1) is 23.7. The second-order valence-electron chi connectivity index (χ2n) is 7.69. The van der Waals surface area contributed by atoms with Gasteiger partial charge in [-0.1, -0.05) is 42.5 Å². The lowest BCUT2D eigenvalue weighted by Crippen LogP contribution is -2.34. The number of benzene rings is 2. The summed E-state index contributed by atoms with van der Waals surface area (Å²) in [6, 6.07) is 16.9. The molecule has 0 saturated heterocycles. The first-order valence-corrected chi connectivity index (χ1v) is 11.1. The molecule has 2 heterocycles. The van der Waals surface area contributed by atoms with Gasteiger partial charge in [-0.2, -0.15) is 0 Å². The third-order valence-corrected chi connectivity index (χ3v) is 5.42. The minimum absolute atomic E-state index is 0.111. The van der Waals surface area contributed by atoms with E-state index in [9.17, 15) is 9.59 Å². The number of carbonyl (C=O) groups is 1. The molecule has 180 valence electrons. The fraction of sp³-hybridized carbons (Fsp3) is 0.231. The number of fused-ring (bicyclic) bond motifs is 1. The molecule has 2 aromatic heterocycles. The number of pyridine rings is 1. The third-order valence-electron chi connectivity index (χ3n) is 5.42. The van der Waals surface area contributed by atoms with E-state index < -0.39 is 11.5 Å². The molecule has 0 radical (unpaired) electrons. The molecule has 4 aromatic rings. The van der Waals surface area contributed by atoms with E-state index in [4.69, 9.17) is 14.3 Å². The van der Waals surface area contributed by atoms with Crippen LogP contribution in [0.5, 0.6) is 5.75 Å². The number of nitrogens with zero attached hydrogens (tertiary/aromatic N) is 3. The molecular weight excluding hydrogens is 448 g/mol. The average molecular weight is 475 g/mol. The number of ether oxygens (including phenoxy) is 2. The number of esters is 1. The van der Waals surface area contributed by atoms with E-state index in [0.29, 0.717) is 23.3 Å². The zero-order chi connectivity index (χ0) is 24.8. The first-order chi connectivity index (χ1) is 17.0. The van der Waals surface area contributed by atoms with Gasteiger partial charge in [-0.3, -0.25) is 4.79 Å². The van der Waals surface area contributed by atoms with Gasteiger partial charge in [0, 0.05) is 6.54 Å². The number of hydrogen-bond acceptors (Lipinski definition) is 8. The van der Waals surface area contributed by atoms with Gasteiger partial charge in [0.1, 0.15) is 18.7 Å². The molecule has 9 heteroatoms. The number of rotatable bonds is 9. The number of aromatic nitrogens is 3. The molecule has 0 amide bonds. The van der Waals surface area contributed by atoms with Crippen molar-refractivity contribution in [2.24, 2.45) is 0 Å². The molecule has 0 aliphatic carbocycles. The quantitative estimate of drug-likeness (QED) is 0.368. The maximum absolute atomic E-state index is 13.6. The number of methoxy groups -OCH3 is 1. The largest absolute Gasteiger partial charge is 0.497 e. The molecule has 0 bridgehead atoms. The number of nitrogens with one attached hydrogen (secondary N) is 1. The van der Waals surface area contributed by atoms with Gasteiger partial charge in [0.2, 0.25) is 0 Å². The molecule has 0 fully saturated rings. The van der Waals surface area contributed by atoms with E-state index in [0.717, 1.165) is 21.6 Å². The molecule has 35 heavy (non-hydrogen) atoms. The third kappa shape index (κ3) is 5.08. The van der Waals surface area contributed by atoms with Crippen molar-refractivity contribution in [3.8, 4) is 5.75 Å². The van der Waals surface area contributed by atoms with E-state index in [2.05, 4.69) is 15.3 Å². The highest BCUT2D eigenvalue weighted by atomic mass is 16.7. The lowest BCUT2D eigenvalue weighted by atomic mass is 10.1. The van der Waals surface area contributed by atoms with Gasteiger partial charge in [0.25, 0.3) is 0 Å². The topological polar surface area (TPSA) is 105 Å². The molecule has 0 aliphatic rings. The van der Waals surface area contributed by atoms with Gasteiger partial charge in [0.15, 0.2) is 11.2 Å². The van der Waals surface area contributed by atoms with Crippen LogP contribution in [0.15, 0.2) is 65.7 Å². The van der Waals surface area contributed by atoms with Crippen molar-refractivity contribution in [1.29, 1.82) is 0 Å². The number of anilines is 1. The molecule has 4 rings (SSSR count). The van der Waals surface area contributed by atoms with Crippen LogP contribution in [0.4, 0.5) is 5.69 Å². The van der Waals surface area contributed by atoms with Gasteiger partial charge in [-0.15, -0.1) is 4.73 Å². The van der Waals surface area contributed by atoms with Crippen LogP contribution < -0.4 is 20.5 Å². The van der Waals surface area contributed by atoms with E-state index in [-0.39, 0.29) is 24.4 Å². The van der Waals surface area contributed by atoms with Gasteiger partial charge in [-0.05, 0) is 37.1 Å². The summed E-state index contributed by atoms with van der Waals surface area (Å²) in [6.07, 6.45) is 1.36. The van der Waals surface area contributed by atoms with Gasteiger partial charge >= 0.3 is 11.5 Å². The van der Waals surface area contributed by atoms with Crippen LogP contribution in [0.25, 0.3) is 11.0 Å². The summed E-state index contributed by atoms with van der Waals surface area (Å²) in [7, 11) is 1.60. The van der Waals surface area contributed by atoms with Gasteiger partial charge in [-0.25, -0.2) is 14.8 Å². The molecule has 9 nitrogen and oxygen atoms in total. The van der Waals surface area contributed by atoms with Crippen molar-refractivity contribution in [3.05, 3.63) is 93.7 Å². The molecule has 0 saturated carbocycles. The Hall–Kier alpha value is -4.40. The zero-order valence-electron chi connectivity index (χ0n) is 19.8. The molecular formula is C26H26N4O5. The zero-order valence-corrected chi connectivity index (χ0v) is 19.8. The predicted molar refractivity (Wildman–Crippen MR) is 132 cm³/mol. The lowest BCUT2D eigenvalue weighted by Gasteiger charge is -2.18. The Labute approximate surface area is 202 Å². The van der Waals surface area contributed by atoms with Crippen LogP contribution in [-0.4, -0.2) is 34.4 Å². The Morgan fingerprint density at radius 1 is 1.03 bits per heavy atom. The minimum Gasteiger partial charge on any atom is -0.497 e. The molecule has 0 atom stereocenters. The smallest absolute Gasteiger partial charge is 0.346 e. The van der Waals surface area contributed by atoms with E-state index in [1.807, 2.05) is 54.6 Å². The monoisotopic (exact) mass is 474 g/mol. The number of hydrogen-bond donors (Lipinski definition) is 1. The van der Waals surface area contributed by atoms with E-state index in [1.165, 1.54) is 6.33 Å². The summed E-state index contributed by atoms with van der Waals surface area (Å²) < 4.78 is 11.5. The second kappa shape index (κ2) is 10.7. The normalized spacial score (nSPS) is 10.7. The lowest BCUT2D eigenvalue weighted by molar-refractivity contribution is 0.0513. The molecule has 0 spiro atoms. The maximum Gasteiger partial charge on any atom is 0.346 e. The predicted octanol–water partition coefficient (Wildman–Crippen LogP) is 3.53. The Balaban J connectivity index is 1.82. The van der Waals surface area contributed by atoms with Crippen LogP contribution in [0.2, 0.25) is 0 Å². The van der Waals surface area contributed by atoms with Crippen molar-refractivity contribution in [2.75, 3.05) is 19.0 Å². The summed E-state index contributed by atoms with van der Waals surface area (Å²) in [5.41, 5.74) is 2.09. The number of carbonyl (C=O) groups excluding carboxylic acids is 1. The molecule has 0 unspecified atom stereocenters. The Morgan fingerprint density at radius 3 is 2.46 bits per heavy atom. The Bertz CT molecular complexity index is 1390. The van der Waals surface area contributed by atoms with Crippen LogP contribution in [0.3, 0.4) is 0 Å². The SMILES string of the molecule is CCOC(=O)c1c(NCc2ccc(OC)cc2)c2c(C)ncnc2n(OCc2ccccc2)c1=O. The maximum atomic E-state index is 13.6. The highest BCUT2D eigenvalue weighted by Crippen LogP contribution is 2.27.